The summed E-state index contributed by atoms with van der Waals surface area (Å²) in [6.07, 6.45) is 1.82. The predicted molar refractivity (Wildman–Crippen MR) is 114 cm³/mol. The van der Waals surface area contributed by atoms with E-state index in [0.717, 1.165) is 24.0 Å². The highest BCUT2D eigenvalue weighted by Crippen LogP contribution is 2.30. The van der Waals surface area contributed by atoms with E-state index in [1.165, 1.54) is 4.31 Å². The lowest BCUT2D eigenvalue weighted by molar-refractivity contribution is 0.269. The number of ether oxygens (including phenoxy) is 2. The molecule has 6 nitrogen and oxygen atoms in total. The molecular weight excluding hydrogens is 388 g/mol. The van der Waals surface area contributed by atoms with E-state index < -0.39 is 10.2 Å². The molecule has 1 heterocycles. The number of hydrogen-bond donors (Lipinski definition) is 0. The Morgan fingerprint density at radius 3 is 2.38 bits per heavy atom. The Bertz CT molecular complexity index is 894. The molecule has 158 valence electrons. The normalized spacial score (nSPS) is 16.1. The van der Waals surface area contributed by atoms with Crippen LogP contribution in [-0.4, -0.2) is 44.3 Å². The molecule has 0 saturated carbocycles. The maximum atomic E-state index is 12.9. The van der Waals surface area contributed by atoms with Crippen molar-refractivity contribution in [1.82, 2.24) is 8.61 Å². The first kappa shape index (κ1) is 21.6. The Kier molecular flexibility index (Phi) is 7.16. The molecule has 0 spiro atoms. The van der Waals surface area contributed by atoms with Gasteiger partial charge in [-0.3, -0.25) is 0 Å². The van der Waals surface area contributed by atoms with Gasteiger partial charge in [-0.15, -0.1) is 0 Å². The van der Waals surface area contributed by atoms with Crippen LogP contribution >= 0.6 is 0 Å². The van der Waals surface area contributed by atoms with Crippen LogP contribution in [0.15, 0.2) is 48.5 Å². The third kappa shape index (κ3) is 5.50. The second kappa shape index (κ2) is 9.61. The lowest BCUT2D eigenvalue weighted by Gasteiger charge is -2.32. The molecule has 0 amide bonds. The molecule has 0 aliphatic carbocycles. The molecule has 0 N–H and O–H groups in total. The van der Waals surface area contributed by atoms with Gasteiger partial charge in [0, 0.05) is 26.7 Å². The zero-order chi connectivity index (χ0) is 20.9. The van der Waals surface area contributed by atoms with Crippen molar-refractivity contribution in [2.75, 3.05) is 27.2 Å². The third-order valence-corrected chi connectivity index (χ3v) is 7.27. The van der Waals surface area contributed by atoms with Crippen LogP contribution in [0.5, 0.6) is 11.5 Å². The average molecular weight is 419 g/mol. The van der Waals surface area contributed by atoms with Gasteiger partial charge in [0.25, 0.3) is 10.2 Å². The maximum absolute atomic E-state index is 12.9. The summed E-state index contributed by atoms with van der Waals surface area (Å²) in [5.74, 6) is 1.81. The zero-order valence-corrected chi connectivity index (χ0v) is 18.2. The maximum Gasteiger partial charge on any atom is 0.282 e. The summed E-state index contributed by atoms with van der Waals surface area (Å²) in [6.45, 7) is 4.07. The van der Waals surface area contributed by atoms with Gasteiger partial charge < -0.3 is 9.47 Å². The predicted octanol–water partition coefficient (Wildman–Crippen LogP) is 3.68. The minimum Gasteiger partial charge on any atom is -0.493 e. The minimum atomic E-state index is -3.47. The molecule has 29 heavy (non-hydrogen) atoms. The fourth-order valence-electron chi connectivity index (χ4n) is 3.42. The van der Waals surface area contributed by atoms with E-state index in [9.17, 15) is 8.42 Å². The highest BCUT2D eigenvalue weighted by atomic mass is 32.2. The van der Waals surface area contributed by atoms with E-state index >= 15 is 0 Å². The van der Waals surface area contributed by atoms with Crippen LogP contribution in [0, 0.1) is 5.92 Å². The summed E-state index contributed by atoms with van der Waals surface area (Å²) in [7, 11) is -0.253. The number of nitrogens with zero attached hydrogens (tertiary/aromatic N) is 2. The number of hydrogen-bond acceptors (Lipinski definition) is 4. The Balaban J connectivity index is 1.66. The molecule has 1 aliphatic heterocycles. The fraction of sp³-hybridized carbons (Fsp3) is 0.455. The van der Waals surface area contributed by atoms with Crippen molar-refractivity contribution in [3.05, 3.63) is 59.7 Å². The first-order valence-corrected chi connectivity index (χ1v) is 11.3. The molecule has 0 unspecified atom stereocenters. The molecular formula is C22H30N2O4S. The van der Waals surface area contributed by atoms with Crippen LogP contribution in [0.4, 0.5) is 0 Å². The van der Waals surface area contributed by atoms with Crippen LogP contribution < -0.4 is 9.47 Å². The van der Waals surface area contributed by atoms with Crippen LogP contribution in [0.2, 0.25) is 0 Å². The molecule has 0 radical (unpaired) electrons. The minimum absolute atomic E-state index is 0.281. The average Bonchev–Trinajstić information content (AvgIpc) is 2.73. The molecule has 2 aromatic rings. The van der Waals surface area contributed by atoms with Crippen molar-refractivity contribution < 1.29 is 17.9 Å². The molecule has 0 bridgehead atoms. The Hall–Kier alpha value is -2.09. The number of benzene rings is 2. The van der Waals surface area contributed by atoms with Gasteiger partial charge in [-0.1, -0.05) is 43.3 Å². The first-order valence-electron chi connectivity index (χ1n) is 9.95. The summed E-state index contributed by atoms with van der Waals surface area (Å²) in [5.41, 5.74) is 1.92. The molecule has 3 rings (SSSR count). The topological polar surface area (TPSA) is 59.1 Å². The number of methoxy groups -OCH3 is 1. The summed E-state index contributed by atoms with van der Waals surface area (Å²) in [4.78, 5) is 0. The van der Waals surface area contributed by atoms with Gasteiger partial charge in [-0.2, -0.15) is 17.0 Å². The Morgan fingerprint density at radius 2 is 1.72 bits per heavy atom. The van der Waals surface area contributed by atoms with Crippen LogP contribution in [0.3, 0.4) is 0 Å². The fourth-order valence-corrected chi connectivity index (χ4v) is 4.80. The van der Waals surface area contributed by atoms with E-state index in [4.69, 9.17) is 9.47 Å². The second-order valence-corrected chi connectivity index (χ2v) is 9.64. The number of rotatable bonds is 8. The van der Waals surface area contributed by atoms with Crippen molar-refractivity contribution in [3.8, 4) is 11.5 Å². The van der Waals surface area contributed by atoms with Crippen LogP contribution in [0.1, 0.15) is 30.9 Å². The first-order chi connectivity index (χ1) is 13.9. The van der Waals surface area contributed by atoms with Gasteiger partial charge in [0.05, 0.1) is 7.11 Å². The summed E-state index contributed by atoms with van der Waals surface area (Å²) in [5, 5.41) is 0. The van der Waals surface area contributed by atoms with E-state index in [1.807, 2.05) is 48.5 Å². The quantitative estimate of drug-likeness (QED) is 0.656. The van der Waals surface area contributed by atoms with E-state index in [1.54, 1.807) is 18.5 Å². The molecule has 7 heteroatoms. The van der Waals surface area contributed by atoms with Gasteiger partial charge in [0.1, 0.15) is 6.61 Å². The van der Waals surface area contributed by atoms with Crippen molar-refractivity contribution in [3.63, 3.8) is 0 Å². The lowest BCUT2D eigenvalue weighted by Crippen LogP contribution is -2.45. The molecule has 1 fully saturated rings. The van der Waals surface area contributed by atoms with Crippen LogP contribution in [-0.2, 0) is 23.4 Å². The van der Waals surface area contributed by atoms with Crippen molar-refractivity contribution in [2.45, 2.75) is 32.9 Å². The molecule has 2 aromatic carbocycles. The van der Waals surface area contributed by atoms with E-state index in [-0.39, 0.29) is 6.54 Å². The highest BCUT2D eigenvalue weighted by Gasteiger charge is 2.30. The highest BCUT2D eigenvalue weighted by molar-refractivity contribution is 7.86. The molecule has 0 atom stereocenters. The smallest absolute Gasteiger partial charge is 0.282 e. The van der Waals surface area contributed by atoms with E-state index in [0.29, 0.717) is 37.1 Å². The summed E-state index contributed by atoms with van der Waals surface area (Å²) < 4.78 is 40.1. The van der Waals surface area contributed by atoms with Crippen LogP contribution in [0.25, 0.3) is 0 Å². The summed E-state index contributed by atoms with van der Waals surface area (Å²) in [6, 6.07) is 15.5. The van der Waals surface area contributed by atoms with Crippen molar-refractivity contribution in [1.29, 1.82) is 0 Å². The van der Waals surface area contributed by atoms with Gasteiger partial charge >= 0.3 is 0 Å². The van der Waals surface area contributed by atoms with Gasteiger partial charge in [-0.25, -0.2) is 0 Å². The molecule has 1 saturated heterocycles. The standard InChI is InChI=1S/C22H30N2O4S/c1-18-11-13-24(14-12-18)29(25,26)23(2)16-20-9-10-21(22(15-20)27-3)28-17-19-7-5-4-6-8-19/h4-10,15,18H,11-14,16-17H2,1-3H3. The van der Waals surface area contributed by atoms with Crippen molar-refractivity contribution in [2.24, 2.45) is 5.92 Å². The SMILES string of the molecule is COc1cc(CN(C)S(=O)(=O)N2CCC(C)CC2)ccc1OCc1ccccc1. The van der Waals surface area contributed by atoms with Gasteiger partial charge in [0.15, 0.2) is 11.5 Å². The Labute approximate surface area is 174 Å². The second-order valence-electron chi connectivity index (χ2n) is 7.60. The monoisotopic (exact) mass is 418 g/mol. The zero-order valence-electron chi connectivity index (χ0n) is 17.4. The van der Waals surface area contributed by atoms with Gasteiger partial charge in [-0.05, 0) is 42.0 Å². The van der Waals surface area contributed by atoms with E-state index in [2.05, 4.69) is 6.92 Å². The number of piperidine rings is 1. The Morgan fingerprint density at radius 1 is 1.03 bits per heavy atom. The third-order valence-electron chi connectivity index (χ3n) is 5.33. The van der Waals surface area contributed by atoms with Crippen molar-refractivity contribution >= 4 is 10.2 Å². The summed E-state index contributed by atoms with van der Waals surface area (Å²) >= 11 is 0. The molecule has 0 aromatic heterocycles. The van der Waals surface area contributed by atoms with Gasteiger partial charge in [0.2, 0.25) is 0 Å². The largest absolute Gasteiger partial charge is 0.493 e. The lowest BCUT2D eigenvalue weighted by atomic mass is 10.0. The molecule has 1 aliphatic rings.